The molecule has 0 saturated heterocycles. The Morgan fingerprint density at radius 2 is 1.84 bits per heavy atom. The first kappa shape index (κ1) is 19.2. The SMILES string of the molecule is CC(C)(CC(=O)NCCC1=CNSN1)CC(=O)NCCc1cnc[nH]1. The second-order valence-electron chi connectivity index (χ2n) is 6.79. The Kier molecular flexibility index (Phi) is 7.17. The van der Waals surface area contributed by atoms with Gasteiger partial charge in [0.1, 0.15) is 0 Å². The molecule has 0 saturated carbocycles. The molecule has 2 amide bonds. The van der Waals surface area contributed by atoms with Gasteiger partial charge in [-0.2, -0.15) is 0 Å². The van der Waals surface area contributed by atoms with Gasteiger partial charge in [-0.25, -0.2) is 4.98 Å². The van der Waals surface area contributed by atoms with Crippen molar-refractivity contribution in [2.75, 3.05) is 13.1 Å². The van der Waals surface area contributed by atoms with E-state index in [4.69, 9.17) is 0 Å². The van der Waals surface area contributed by atoms with Crippen LogP contribution in [-0.2, 0) is 16.0 Å². The number of hydrogen-bond acceptors (Lipinski definition) is 6. The number of nitrogens with one attached hydrogen (secondary N) is 5. The quantitative estimate of drug-likeness (QED) is 0.395. The van der Waals surface area contributed by atoms with E-state index in [1.165, 1.54) is 12.1 Å². The van der Waals surface area contributed by atoms with Crippen LogP contribution in [0, 0.1) is 5.41 Å². The number of carbonyl (C=O) groups is 2. The van der Waals surface area contributed by atoms with Gasteiger partial charge in [-0.15, -0.1) is 0 Å². The molecule has 0 bridgehead atoms. The summed E-state index contributed by atoms with van der Waals surface area (Å²) in [5.41, 5.74) is 1.66. The van der Waals surface area contributed by atoms with Crippen LogP contribution in [0.4, 0.5) is 0 Å². The van der Waals surface area contributed by atoms with Crippen molar-refractivity contribution in [2.45, 2.75) is 39.5 Å². The Balaban J connectivity index is 1.61. The number of imidazole rings is 1. The lowest BCUT2D eigenvalue weighted by Crippen LogP contribution is -2.34. The van der Waals surface area contributed by atoms with E-state index >= 15 is 0 Å². The molecular weight excluding hydrogens is 340 g/mol. The first-order valence-corrected chi connectivity index (χ1v) is 9.13. The molecule has 25 heavy (non-hydrogen) atoms. The van der Waals surface area contributed by atoms with Crippen molar-refractivity contribution < 1.29 is 9.59 Å². The summed E-state index contributed by atoms with van der Waals surface area (Å²) in [6.07, 6.45) is 7.34. The van der Waals surface area contributed by atoms with Crippen molar-refractivity contribution in [1.82, 2.24) is 30.0 Å². The van der Waals surface area contributed by atoms with Crippen LogP contribution in [-0.4, -0.2) is 34.9 Å². The minimum absolute atomic E-state index is 0.0329. The van der Waals surface area contributed by atoms with E-state index in [2.05, 4.69) is 30.0 Å². The van der Waals surface area contributed by atoms with Gasteiger partial charge in [0.25, 0.3) is 0 Å². The minimum Gasteiger partial charge on any atom is -0.356 e. The molecule has 2 heterocycles. The van der Waals surface area contributed by atoms with Crippen LogP contribution < -0.4 is 20.1 Å². The van der Waals surface area contributed by atoms with Crippen LogP contribution in [0.5, 0.6) is 0 Å². The Bertz CT molecular complexity index is 600. The predicted molar refractivity (Wildman–Crippen MR) is 97.9 cm³/mol. The number of nitrogens with zero attached hydrogens (tertiary/aromatic N) is 1. The average Bonchev–Trinajstić information content (AvgIpc) is 3.19. The number of amides is 2. The van der Waals surface area contributed by atoms with Gasteiger partial charge in [0.2, 0.25) is 11.8 Å². The highest BCUT2D eigenvalue weighted by atomic mass is 32.2. The minimum atomic E-state index is -0.384. The molecule has 1 aliphatic rings. The second-order valence-corrected chi connectivity index (χ2v) is 7.43. The maximum Gasteiger partial charge on any atom is 0.220 e. The molecular formula is C16H26N6O2S. The highest BCUT2D eigenvalue weighted by Gasteiger charge is 2.25. The molecule has 0 radical (unpaired) electrons. The molecule has 138 valence electrons. The molecule has 0 aromatic carbocycles. The van der Waals surface area contributed by atoms with E-state index < -0.39 is 0 Å². The monoisotopic (exact) mass is 366 g/mol. The van der Waals surface area contributed by atoms with E-state index in [0.29, 0.717) is 32.4 Å². The van der Waals surface area contributed by atoms with Crippen LogP contribution in [0.15, 0.2) is 24.4 Å². The van der Waals surface area contributed by atoms with Crippen molar-refractivity contribution in [3.63, 3.8) is 0 Å². The molecule has 1 aromatic rings. The molecule has 9 heteroatoms. The number of aromatic nitrogens is 2. The maximum absolute atomic E-state index is 12.1. The second kappa shape index (κ2) is 9.36. The zero-order valence-corrected chi connectivity index (χ0v) is 15.5. The summed E-state index contributed by atoms with van der Waals surface area (Å²) >= 11 is 1.41. The molecule has 0 unspecified atom stereocenters. The fourth-order valence-electron chi connectivity index (χ4n) is 2.50. The Hall–Kier alpha value is -2.16. The zero-order valence-electron chi connectivity index (χ0n) is 14.6. The van der Waals surface area contributed by atoms with E-state index in [-0.39, 0.29) is 17.2 Å². The molecule has 0 atom stereocenters. The molecule has 0 aliphatic carbocycles. The van der Waals surface area contributed by atoms with E-state index in [9.17, 15) is 9.59 Å². The van der Waals surface area contributed by atoms with Gasteiger partial charge in [0.15, 0.2) is 0 Å². The van der Waals surface area contributed by atoms with Gasteiger partial charge in [-0.1, -0.05) is 13.8 Å². The van der Waals surface area contributed by atoms with Crippen LogP contribution >= 0.6 is 12.1 Å². The highest BCUT2D eigenvalue weighted by molar-refractivity contribution is 7.95. The first-order valence-electron chi connectivity index (χ1n) is 8.32. The van der Waals surface area contributed by atoms with Crippen molar-refractivity contribution in [3.05, 3.63) is 30.1 Å². The maximum atomic E-state index is 12.1. The number of carbonyl (C=O) groups excluding carboxylic acids is 2. The molecule has 1 aromatic heterocycles. The van der Waals surface area contributed by atoms with Gasteiger partial charge >= 0.3 is 0 Å². The normalized spacial score (nSPS) is 13.6. The smallest absolute Gasteiger partial charge is 0.220 e. The number of rotatable bonds is 10. The van der Waals surface area contributed by atoms with Crippen LogP contribution in [0.1, 0.15) is 38.8 Å². The summed E-state index contributed by atoms with van der Waals surface area (Å²) in [5, 5.41) is 5.79. The summed E-state index contributed by atoms with van der Waals surface area (Å²) in [6, 6.07) is 0. The summed E-state index contributed by atoms with van der Waals surface area (Å²) in [6.45, 7) is 5.00. The fourth-order valence-corrected chi connectivity index (χ4v) is 3.05. The predicted octanol–water partition coefficient (Wildman–Crippen LogP) is 0.979. The molecule has 8 nitrogen and oxygen atoms in total. The topological polar surface area (TPSA) is 111 Å². The van der Waals surface area contributed by atoms with E-state index in [1.807, 2.05) is 20.0 Å². The van der Waals surface area contributed by atoms with Crippen molar-refractivity contribution >= 4 is 23.9 Å². The highest BCUT2D eigenvalue weighted by Crippen LogP contribution is 2.24. The summed E-state index contributed by atoms with van der Waals surface area (Å²) in [7, 11) is 0. The Morgan fingerprint density at radius 1 is 1.16 bits per heavy atom. The number of hydrogen-bond donors (Lipinski definition) is 5. The lowest BCUT2D eigenvalue weighted by molar-refractivity contribution is -0.125. The summed E-state index contributed by atoms with van der Waals surface area (Å²) in [5.74, 6) is -0.0739. The summed E-state index contributed by atoms with van der Waals surface area (Å²) < 4.78 is 6.07. The van der Waals surface area contributed by atoms with Gasteiger partial charge in [-0.3, -0.25) is 9.59 Å². The van der Waals surface area contributed by atoms with Gasteiger partial charge in [0.05, 0.1) is 18.5 Å². The van der Waals surface area contributed by atoms with Crippen LogP contribution in [0.3, 0.4) is 0 Å². The van der Waals surface area contributed by atoms with Crippen molar-refractivity contribution in [2.24, 2.45) is 5.41 Å². The number of aromatic amines is 1. The van der Waals surface area contributed by atoms with Gasteiger partial charge in [0, 0.05) is 62.6 Å². The lowest BCUT2D eigenvalue weighted by atomic mass is 9.85. The molecule has 2 rings (SSSR count). The third-order valence-electron chi connectivity index (χ3n) is 3.74. The van der Waals surface area contributed by atoms with E-state index in [0.717, 1.165) is 17.8 Å². The number of H-pyrrole nitrogens is 1. The van der Waals surface area contributed by atoms with Crippen LogP contribution in [0.25, 0.3) is 0 Å². The van der Waals surface area contributed by atoms with Gasteiger partial charge in [-0.05, 0) is 5.41 Å². The summed E-state index contributed by atoms with van der Waals surface area (Å²) in [4.78, 5) is 31.1. The fraction of sp³-hybridized carbons (Fsp3) is 0.562. The molecule has 0 fully saturated rings. The van der Waals surface area contributed by atoms with Crippen LogP contribution in [0.2, 0.25) is 0 Å². The largest absolute Gasteiger partial charge is 0.356 e. The molecule has 1 aliphatic heterocycles. The molecule has 5 N–H and O–H groups in total. The Morgan fingerprint density at radius 3 is 2.40 bits per heavy atom. The molecule has 0 spiro atoms. The van der Waals surface area contributed by atoms with E-state index in [1.54, 1.807) is 12.5 Å². The van der Waals surface area contributed by atoms with Gasteiger partial charge < -0.3 is 25.1 Å². The Labute approximate surface area is 152 Å². The zero-order chi connectivity index (χ0) is 18.1. The standard InChI is InChI=1S/C16H26N6O2S/c1-16(2,7-14(23)18-5-3-12-9-17-11-20-12)8-15(24)19-6-4-13-10-21-25-22-13/h9-11,21-22H,3-8H2,1-2H3,(H,17,20)(H,18,23)(H,19,24). The third kappa shape index (κ3) is 7.51. The van der Waals surface area contributed by atoms with Crippen molar-refractivity contribution in [3.8, 4) is 0 Å². The first-order chi connectivity index (χ1) is 11.9. The average molecular weight is 366 g/mol. The third-order valence-corrected chi connectivity index (χ3v) is 4.34. The lowest BCUT2D eigenvalue weighted by Gasteiger charge is -2.23. The van der Waals surface area contributed by atoms with Crippen molar-refractivity contribution in [1.29, 1.82) is 0 Å².